The molecular weight excluding hydrogens is 430 g/mol. The van der Waals surface area contributed by atoms with Crippen molar-refractivity contribution >= 4 is 33.3 Å². The highest BCUT2D eigenvalue weighted by molar-refractivity contribution is 7.92. The number of carbonyl (C=O) groups excluding carboxylic acids is 2. The Hall–Kier alpha value is -3.01. The van der Waals surface area contributed by atoms with Gasteiger partial charge in [0.2, 0.25) is 15.9 Å². The highest BCUT2D eigenvalue weighted by atomic mass is 32.2. The lowest BCUT2D eigenvalue weighted by Gasteiger charge is -2.22. The molecule has 2 aromatic rings. The van der Waals surface area contributed by atoms with Gasteiger partial charge in [-0.25, -0.2) is 22.0 Å². The molecule has 2 rings (SSSR count). The van der Waals surface area contributed by atoms with E-state index in [1.807, 2.05) is 0 Å². The number of benzene rings is 2. The van der Waals surface area contributed by atoms with Gasteiger partial charge in [0.15, 0.2) is 11.6 Å². The normalized spacial score (nSPS) is 11.1. The van der Waals surface area contributed by atoms with Gasteiger partial charge >= 0.3 is 5.97 Å². The summed E-state index contributed by atoms with van der Waals surface area (Å²) < 4.78 is 56.6. The Morgan fingerprint density at radius 2 is 1.81 bits per heavy atom. The lowest BCUT2D eigenvalue weighted by atomic mass is 10.1. The summed E-state index contributed by atoms with van der Waals surface area (Å²) in [6.45, 7) is 3.60. The zero-order valence-electron chi connectivity index (χ0n) is 17.4. The van der Waals surface area contributed by atoms with E-state index < -0.39 is 27.6 Å². The van der Waals surface area contributed by atoms with Crippen molar-refractivity contribution in [3.05, 3.63) is 59.2 Å². The van der Waals surface area contributed by atoms with Crippen LogP contribution in [0.15, 0.2) is 36.4 Å². The van der Waals surface area contributed by atoms with Gasteiger partial charge < -0.3 is 10.1 Å². The second-order valence-electron chi connectivity index (χ2n) is 6.84. The first kappa shape index (κ1) is 24.3. The maximum absolute atomic E-state index is 13.5. The molecule has 0 fully saturated rings. The standard InChI is InChI=1S/C21H24F2N2O5S/c1-4-30-21(27)15-7-10-19(14(2)12-15)24-20(26)6-5-11-25(31(3,28)29)16-8-9-17(22)18(23)13-16/h7-10,12-13H,4-6,11H2,1-3H3,(H,24,26). The molecule has 1 amide bonds. The molecule has 0 unspecified atom stereocenters. The summed E-state index contributed by atoms with van der Waals surface area (Å²) in [5.74, 6) is -3.06. The largest absolute Gasteiger partial charge is 0.462 e. The Bertz CT molecular complexity index is 1070. The van der Waals surface area contributed by atoms with Crippen molar-refractivity contribution in [3.8, 4) is 0 Å². The van der Waals surface area contributed by atoms with Crippen molar-refractivity contribution in [2.24, 2.45) is 0 Å². The molecule has 2 aromatic carbocycles. The van der Waals surface area contributed by atoms with E-state index in [2.05, 4.69) is 5.32 Å². The van der Waals surface area contributed by atoms with Crippen molar-refractivity contribution in [2.45, 2.75) is 26.7 Å². The number of hydrogen-bond donors (Lipinski definition) is 1. The van der Waals surface area contributed by atoms with Crippen LogP contribution >= 0.6 is 0 Å². The Morgan fingerprint density at radius 1 is 1.10 bits per heavy atom. The molecule has 0 aromatic heterocycles. The van der Waals surface area contributed by atoms with Crippen LogP contribution in [0.2, 0.25) is 0 Å². The van der Waals surface area contributed by atoms with Crippen LogP contribution in [0.3, 0.4) is 0 Å². The van der Waals surface area contributed by atoms with Gasteiger partial charge in [0.1, 0.15) is 0 Å². The first-order valence-corrected chi connectivity index (χ1v) is 11.4. The summed E-state index contributed by atoms with van der Waals surface area (Å²) in [6, 6.07) is 7.53. The lowest BCUT2D eigenvalue weighted by Crippen LogP contribution is -2.31. The SMILES string of the molecule is CCOC(=O)c1ccc(NC(=O)CCCN(c2ccc(F)c(F)c2)S(C)(=O)=O)c(C)c1. The fourth-order valence-electron chi connectivity index (χ4n) is 2.87. The molecule has 0 aliphatic carbocycles. The average molecular weight is 454 g/mol. The summed E-state index contributed by atoms with van der Waals surface area (Å²) in [5.41, 5.74) is 1.52. The Labute approximate surface area is 180 Å². The molecule has 10 heteroatoms. The van der Waals surface area contributed by atoms with Crippen LogP contribution < -0.4 is 9.62 Å². The van der Waals surface area contributed by atoms with Crippen LogP contribution in [0.4, 0.5) is 20.2 Å². The van der Waals surface area contributed by atoms with E-state index in [0.717, 1.165) is 28.8 Å². The van der Waals surface area contributed by atoms with Crippen molar-refractivity contribution < 1.29 is 31.5 Å². The van der Waals surface area contributed by atoms with E-state index in [-0.39, 0.29) is 37.6 Å². The number of sulfonamides is 1. The summed E-state index contributed by atoms with van der Waals surface area (Å²) >= 11 is 0. The third-order valence-corrected chi connectivity index (χ3v) is 5.56. The van der Waals surface area contributed by atoms with Crippen molar-refractivity contribution in [3.63, 3.8) is 0 Å². The number of nitrogens with one attached hydrogen (secondary N) is 1. The molecule has 0 heterocycles. The van der Waals surface area contributed by atoms with Gasteiger partial charge in [0.05, 0.1) is 24.1 Å². The highest BCUT2D eigenvalue weighted by Crippen LogP contribution is 2.22. The number of aryl methyl sites for hydroxylation is 1. The van der Waals surface area contributed by atoms with E-state index in [9.17, 15) is 26.8 Å². The number of amides is 1. The van der Waals surface area contributed by atoms with E-state index in [1.165, 1.54) is 6.07 Å². The molecule has 0 spiro atoms. The van der Waals surface area contributed by atoms with Gasteiger partial charge in [-0.3, -0.25) is 9.10 Å². The van der Waals surface area contributed by atoms with Gasteiger partial charge in [-0.15, -0.1) is 0 Å². The zero-order chi connectivity index (χ0) is 23.2. The van der Waals surface area contributed by atoms with E-state index in [1.54, 1.807) is 26.0 Å². The number of hydrogen-bond acceptors (Lipinski definition) is 5. The van der Waals surface area contributed by atoms with E-state index in [4.69, 9.17) is 4.74 Å². The van der Waals surface area contributed by atoms with Gasteiger partial charge in [0, 0.05) is 24.7 Å². The van der Waals surface area contributed by atoms with Crippen molar-refractivity contribution in [2.75, 3.05) is 29.0 Å². The topological polar surface area (TPSA) is 92.8 Å². The predicted octanol–water partition coefficient (Wildman–Crippen LogP) is 3.63. The maximum Gasteiger partial charge on any atom is 0.338 e. The van der Waals surface area contributed by atoms with Crippen LogP contribution in [0.1, 0.15) is 35.7 Å². The quantitative estimate of drug-likeness (QED) is 0.584. The highest BCUT2D eigenvalue weighted by Gasteiger charge is 2.19. The summed E-state index contributed by atoms with van der Waals surface area (Å²) in [7, 11) is -3.76. The van der Waals surface area contributed by atoms with E-state index in [0.29, 0.717) is 16.8 Å². The average Bonchev–Trinajstić information content (AvgIpc) is 2.68. The summed E-state index contributed by atoms with van der Waals surface area (Å²) in [6.07, 6.45) is 1.09. The van der Waals surface area contributed by atoms with Crippen LogP contribution in [0.25, 0.3) is 0 Å². The Balaban J connectivity index is 1.99. The maximum atomic E-state index is 13.5. The molecule has 0 bridgehead atoms. The number of anilines is 2. The molecule has 7 nitrogen and oxygen atoms in total. The second-order valence-corrected chi connectivity index (χ2v) is 8.74. The van der Waals surface area contributed by atoms with Crippen LogP contribution in [-0.2, 0) is 19.6 Å². The molecule has 0 aliphatic rings. The molecule has 31 heavy (non-hydrogen) atoms. The molecule has 0 aliphatic heterocycles. The molecule has 0 radical (unpaired) electrons. The second kappa shape index (κ2) is 10.3. The molecule has 0 saturated carbocycles. The first-order valence-electron chi connectivity index (χ1n) is 9.53. The third-order valence-electron chi connectivity index (χ3n) is 4.37. The minimum atomic E-state index is -3.76. The number of carbonyl (C=O) groups is 2. The molecule has 168 valence electrons. The predicted molar refractivity (Wildman–Crippen MR) is 114 cm³/mol. The van der Waals surface area contributed by atoms with Gasteiger partial charge in [-0.1, -0.05) is 0 Å². The molecule has 0 atom stereocenters. The fraction of sp³-hybridized carbons (Fsp3) is 0.333. The van der Waals surface area contributed by atoms with Crippen LogP contribution in [0.5, 0.6) is 0 Å². The number of halogens is 2. The zero-order valence-corrected chi connectivity index (χ0v) is 18.3. The van der Waals surface area contributed by atoms with Crippen LogP contribution in [-0.4, -0.2) is 39.7 Å². The minimum absolute atomic E-state index is 0.00519. The van der Waals surface area contributed by atoms with Crippen LogP contribution in [0, 0.1) is 18.6 Å². The lowest BCUT2D eigenvalue weighted by molar-refractivity contribution is -0.116. The first-order chi connectivity index (χ1) is 14.5. The summed E-state index contributed by atoms with van der Waals surface area (Å²) in [5, 5.41) is 2.71. The minimum Gasteiger partial charge on any atom is -0.462 e. The van der Waals surface area contributed by atoms with Crippen molar-refractivity contribution in [1.82, 2.24) is 0 Å². The third kappa shape index (κ3) is 6.74. The number of nitrogens with zero attached hydrogens (tertiary/aromatic N) is 1. The Morgan fingerprint density at radius 3 is 2.39 bits per heavy atom. The molecule has 1 N–H and O–H groups in total. The van der Waals surface area contributed by atoms with Gasteiger partial charge in [-0.2, -0.15) is 0 Å². The van der Waals surface area contributed by atoms with E-state index >= 15 is 0 Å². The molecular formula is C21H24F2N2O5S. The number of ether oxygens (including phenoxy) is 1. The van der Waals surface area contributed by atoms with Gasteiger partial charge in [-0.05, 0) is 56.2 Å². The summed E-state index contributed by atoms with van der Waals surface area (Å²) in [4.78, 5) is 24.0. The number of rotatable bonds is 9. The van der Waals surface area contributed by atoms with Gasteiger partial charge in [0.25, 0.3) is 0 Å². The smallest absolute Gasteiger partial charge is 0.338 e. The molecule has 0 saturated heterocycles. The fourth-order valence-corrected chi connectivity index (χ4v) is 3.83. The Kier molecular flexibility index (Phi) is 8.09. The number of esters is 1. The van der Waals surface area contributed by atoms with Crippen molar-refractivity contribution in [1.29, 1.82) is 0 Å². The monoisotopic (exact) mass is 454 g/mol.